The maximum Gasteiger partial charge on any atom is 0.231 e. The highest BCUT2D eigenvalue weighted by atomic mass is 35.5. The van der Waals surface area contributed by atoms with Gasteiger partial charge in [-0.15, -0.1) is 0 Å². The van der Waals surface area contributed by atoms with Gasteiger partial charge in [0.2, 0.25) is 11.4 Å². The highest BCUT2D eigenvalue weighted by Crippen LogP contribution is 2.54. The third kappa shape index (κ3) is 3.32. The first kappa shape index (κ1) is 23.9. The first-order valence-electron chi connectivity index (χ1n) is 11.5. The fraction of sp³-hybridized carbons (Fsp3) is 0.296. The molecule has 1 aromatic heterocycles. The van der Waals surface area contributed by atoms with Crippen LogP contribution in [0.5, 0.6) is 17.2 Å². The Balaban J connectivity index is 1.60. The number of carbonyl (C=O) groups is 2. The number of fused-ring (bicyclic) bond motifs is 2. The number of aromatic nitrogens is 1. The van der Waals surface area contributed by atoms with Gasteiger partial charge in [-0.3, -0.25) is 14.6 Å². The molecule has 8 nitrogen and oxygen atoms in total. The minimum Gasteiger partial charge on any atom is -0.507 e. The summed E-state index contributed by atoms with van der Waals surface area (Å²) < 4.78 is 16.9. The zero-order valence-electron chi connectivity index (χ0n) is 20.3. The molecular weight excluding hydrogens is 484 g/mol. The van der Waals surface area contributed by atoms with Crippen LogP contribution in [0, 0.1) is 5.92 Å². The zero-order chi connectivity index (χ0) is 25.8. The lowest BCUT2D eigenvalue weighted by Crippen LogP contribution is -2.53. The van der Waals surface area contributed by atoms with Crippen molar-refractivity contribution in [1.82, 2.24) is 4.98 Å². The summed E-state index contributed by atoms with van der Waals surface area (Å²) in [7, 11) is 2.85. The van der Waals surface area contributed by atoms with Crippen molar-refractivity contribution >= 4 is 39.8 Å². The maximum absolute atomic E-state index is 13.8. The number of Topliss-reactive ketones (excluding diaryl/α,β-unsaturated/α-hetero) is 2. The maximum atomic E-state index is 13.8. The number of benzene rings is 2. The summed E-state index contributed by atoms with van der Waals surface area (Å²) in [6.45, 7) is 3.62. The first-order chi connectivity index (χ1) is 17.2. The van der Waals surface area contributed by atoms with Crippen LogP contribution in [0.4, 0.5) is 0 Å². The van der Waals surface area contributed by atoms with E-state index in [9.17, 15) is 14.7 Å². The Kier molecular flexibility index (Phi) is 5.79. The van der Waals surface area contributed by atoms with Crippen molar-refractivity contribution in [3.05, 3.63) is 64.0 Å². The molecule has 2 aromatic carbocycles. The van der Waals surface area contributed by atoms with Crippen molar-refractivity contribution in [2.45, 2.75) is 32.4 Å². The van der Waals surface area contributed by atoms with Crippen LogP contribution in [0.2, 0.25) is 5.02 Å². The number of aliphatic hydroxyl groups is 1. The molecule has 2 aliphatic rings. The number of ether oxygens (including phenoxy) is 3. The average molecular weight is 509 g/mol. The number of aliphatic hydroxyl groups excluding tert-OH is 1. The number of ketones is 2. The number of H-pyrrole nitrogens is 1. The molecule has 0 saturated heterocycles. The van der Waals surface area contributed by atoms with Gasteiger partial charge in [0.05, 0.1) is 26.3 Å². The molecular formula is C27H25ClN2O6. The Morgan fingerprint density at radius 3 is 2.72 bits per heavy atom. The van der Waals surface area contributed by atoms with E-state index in [1.54, 1.807) is 13.8 Å². The number of nitrogens with zero attached hydrogens (tertiary/aromatic N) is 1. The van der Waals surface area contributed by atoms with Crippen LogP contribution in [0.15, 0.2) is 52.9 Å². The van der Waals surface area contributed by atoms with Gasteiger partial charge in [-0.25, -0.2) is 0 Å². The van der Waals surface area contributed by atoms with Crippen molar-refractivity contribution in [2.75, 3.05) is 14.2 Å². The SMILES string of the molecule is COc1cc(OC)c2c(c1Cl)O[C@]1(C2=O)C(O)=C(C(C)=NCc2cccc3[nH]ccc23)C(=O)C[C@H]1C. The van der Waals surface area contributed by atoms with Gasteiger partial charge >= 0.3 is 0 Å². The second-order valence-corrected chi connectivity index (χ2v) is 9.35. The summed E-state index contributed by atoms with van der Waals surface area (Å²) in [6.07, 6.45) is 1.83. The minimum atomic E-state index is -1.83. The average Bonchev–Trinajstić information content (AvgIpc) is 3.46. The van der Waals surface area contributed by atoms with E-state index in [1.807, 2.05) is 30.5 Å². The van der Waals surface area contributed by atoms with Crippen LogP contribution in [-0.2, 0) is 11.3 Å². The quantitative estimate of drug-likeness (QED) is 0.456. The van der Waals surface area contributed by atoms with E-state index in [-0.39, 0.29) is 45.6 Å². The lowest BCUT2D eigenvalue weighted by molar-refractivity contribution is -0.118. The molecule has 2 atom stereocenters. The van der Waals surface area contributed by atoms with Gasteiger partial charge in [0, 0.05) is 41.2 Å². The van der Waals surface area contributed by atoms with Crippen molar-refractivity contribution in [1.29, 1.82) is 0 Å². The molecule has 0 saturated carbocycles. The number of allylic oxidation sites excluding steroid dienone is 1. The molecule has 0 radical (unpaired) electrons. The number of hydrogen-bond donors (Lipinski definition) is 2. The molecule has 5 rings (SSSR count). The van der Waals surface area contributed by atoms with Crippen LogP contribution in [0.25, 0.3) is 10.9 Å². The van der Waals surface area contributed by atoms with E-state index in [1.165, 1.54) is 20.3 Å². The Bertz CT molecular complexity index is 1490. The smallest absolute Gasteiger partial charge is 0.231 e. The fourth-order valence-corrected chi connectivity index (χ4v) is 5.37. The summed E-state index contributed by atoms with van der Waals surface area (Å²) in [6, 6.07) is 9.30. The Morgan fingerprint density at radius 1 is 1.25 bits per heavy atom. The number of carbonyl (C=O) groups excluding carboxylic acids is 2. The van der Waals surface area contributed by atoms with Crippen LogP contribution in [0.3, 0.4) is 0 Å². The fourth-order valence-electron chi connectivity index (χ4n) is 5.10. The number of aromatic amines is 1. The summed E-state index contributed by atoms with van der Waals surface area (Å²) in [4.78, 5) is 34.7. The molecule has 0 fully saturated rings. The highest BCUT2D eigenvalue weighted by molar-refractivity contribution is 6.35. The molecule has 1 spiro atoms. The molecule has 0 amide bonds. The molecule has 0 bridgehead atoms. The van der Waals surface area contributed by atoms with E-state index in [0.717, 1.165) is 16.5 Å². The molecule has 36 heavy (non-hydrogen) atoms. The lowest BCUT2D eigenvalue weighted by Gasteiger charge is -2.37. The number of nitrogens with one attached hydrogen (secondary N) is 1. The largest absolute Gasteiger partial charge is 0.507 e. The number of aliphatic imine (C=N–C) groups is 1. The van der Waals surface area contributed by atoms with Crippen LogP contribution in [-0.4, -0.2) is 47.2 Å². The van der Waals surface area contributed by atoms with Crippen LogP contribution >= 0.6 is 11.6 Å². The second kappa shape index (κ2) is 8.71. The van der Waals surface area contributed by atoms with Gasteiger partial charge < -0.3 is 24.3 Å². The minimum absolute atomic E-state index is 0.0162. The van der Waals surface area contributed by atoms with E-state index < -0.39 is 23.1 Å². The number of hydrogen-bond acceptors (Lipinski definition) is 7. The molecule has 1 aliphatic heterocycles. The van der Waals surface area contributed by atoms with Gasteiger partial charge in [0.1, 0.15) is 22.1 Å². The summed E-state index contributed by atoms with van der Waals surface area (Å²) in [5.74, 6) is -1.45. The lowest BCUT2D eigenvalue weighted by atomic mass is 9.72. The zero-order valence-corrected chi connectivity index (χ0v) is 21.0. The molecule has 2 N–H and O–H groups in total. The van der Waals surface area contributed by atoms with Gasteiger partial charge in [-0.05, 0) is 24.6 Å². The molecule has 1 aliphatic carbocycles. The van der Waals surface area contributed by atoms with E-state index in [0.29, 0.717) is 12.3 Å². The van der Waals surface area contributed by atoms with Crippen molar-refractivity contribution in [3.8, 4) is 17.2 Å². The Hall–Kier alpha value is -3.78. The van der Waals surface area contributed by atoms with E-state index >= 15 is 0 Å². The Morgan fingerprint density at radius 2 is 2.00 bits per heavy atom. The van der Waals surface area contributed by atoms with Crippen molar-refractivity contribution in [3.63, 3.8) is 0 Å². The van der Waals surface area contributed by atoms with Crippen molar-refractivity contribution in [2.24, 2.45) is 10.9 Å². The number of halogens is 1. The van der Waals surface area contributed by atoms with E-state index in [4.69, 9.17) is 25.8 Å². The van der Waals surface area contributed by atoms with Crippen molar-refractivity contribution < 1.29 is 28.9 Å². The van der Waals surface area contributed by atoms with Crippen LogP contribution in [0.1, 0.15) is 36.2 Å². The monoisotopic (exact) mass is 508 g/mol. The molecule has 3 aromatic rings. The predicted molar refractivity (Wildman–Crippen MR) is 136 cm³/mol. The molecule has 2 heterocycles. The highest BCUT2D eigenvalue weighted by Gasteiger charge is 2.61. The second-order valence-electron chi connectivity index (χ2n) is 8.98. The standard InChI is InChI=1S/C27H25ClN2O6/c1-13-10-18(31)21(14(2)30-12-15-6-5-7-17-16(15)8-9-29-17)25(32)27(13)26(33)22-19(34-3)11-20(35-4)23(28)24(22)36-27/h5-9,11,13,29,32H,10,12H2,1-4H3/t13-,27+/m1/s1. The molecule has 9 heteroatoms. The molecule has 0 unspecified atom stereocenters. The summed E-state index contributed by atoms with van der Waals surface area (Å²) in [5, 5.41) is 12.6. The van der Waals surface area contributed by atoms with Gasteiger partial charge in [0.15, 0.2) is 17.3 Å². The normalized spacial score (nSPS) is 21.8. The third-order valence-electron chi connectivity index (χ3n) is 7.01. The van der Waals surface area contributed by atoms with Gasteiger partial charge in [-0.1, -0.05) is 30.7 Å². The van der Waals surface area contributed by atoms with E-state index in [2.05, 4.69) is 9.98 Å². The van der Waals surface area contributed by atoms with Crippen LogP contribution < -0.4 is 14.2 Å². The number of rotatable bonds is 5. The van der Waals surface area contributed by atoms with Gasteiger partial charge in [0.25, 0.3) is 0 Å². The number of methoxy groups -OCH3 is 2. The summed E-state index contributed by atoms with van der Waals surface area (Å²) in [5.41, 5.74) is 0.518. The summed E-state index contributed by atoms with van der Waals surface area (Å²) >= 11 is 6.48. The molecule has 186 valence electrons. The predicted octanol–water partition coefficient (Wildman–Crippen LogP) is 5.23. The topological polar surface area (TPSA) is 110 Å². The third-order valence-corrected chi connectivity index (χ3v) is 7.36. The Labute approximate surface area is 212 Å². The van der Waals surface area contributed by atoms with Gasteiger partial charge in [-0.2, -0.15) is 0 Å². The first-order valence-corrected chi connectivity index (χ1v) is 11.8.